The number of pyridine rings is 1. The molecule has 3 N–H and O–H groups in total. The number of rotatable bonds is 4. The van der Waals surface area contributed by atoms with E-state index in [0.29, 0.717) is 11.6 Å². The van der Waals surface area contributed by atoms with Crippen LogP contribution in [0.5, 0.6) is 5.75 Å². The number of aryl methyl sites for hydroxylation is 1. The molecule has 0 bridgehead atoms. The lowest BCUT2D eigenvalue weighted by Crippen LogP contribution is -2.39. The second kappa shape index (κ2) is 8.26. The number of carbonyl (C=O) groups is 1. The van der Waals surface area contributed by atoms with E-state index in [4.69, 9.17) is 0 Å². The van der Waals surface area contributed by atoms with Crippen molar-refractivity contribution in [3.05, 3.63) is 51.9 Å². The largest absolute Gasteiger partial charge is 0.501 e. The maximum atomic E-state index is 12.8. The van der Waals surface area contributed by atoms with Crippen molar-refractivity contribution in [2.45, 2.75) is 52.0 Å². The van der Waals surface area contributed by atoms with Gasteiger partial charge in [0.2, 0.25) is 5.75 Å². The number of aromatic nitrogens is 3. The zero-order valence-corrected chi connectivity index (χ0v) is 17.2. The van der Waals surface area contributed by atoms with E-state index in [1.165, 1.54) is 6.42 Å². The van der Waals surface area contributed by atoms with Crippen LogP contribution in [0.2, 0.25) is 0 Å². The lowest BCUT2D eigenvalue weighted by Gasteiger charge is -2.28. The normalized spacial score (nSPS) is 15.8. The van der Waals surface area contributed by atoms with Crippen LogP contribution >= 0.6 is 0 Å². The van der Waals surface area contributed by atoms with Gasteiger partial charge in [0.15, 0.2) is 11.5 Å². The van der Waals surface area contributed by atoms with Crippen LogP contribution in [0.1, 0.15) is 55.1 Å². The summed E-state index contributed by atoms with van der Waals surface area (Å²) in [7, 11) is 0. The van der Waals surface area contributed by atoms with Crippen molar-refractivity contribution in [1.29, 1.82) is 0 Å². The van der Waals surface area contributed by atoms with Gasteiger partial charge in [-0.1, -0.05) is 37.5 Å². The molecule has 0 spiro atoms. The van der Waals surface area contributed by atoms with Gasteiger partial charge < -0.3 is 15.4 Å². The number of para-hydroxylation sites is 1. The average Bonchev–Trinajstić information content (AvgIpc) is 2.76. The molecule has 1 fully saturated rings. The summed E-state index contributed by atoms with van der Waals surface area (Å²) in [6.07, 6.45) is 5.70. The Labute approximate surface area is 174 Å². The highest BCUT2D eigenvalue weighted by molar-refractivity contribution is 5.95. The Balaban J connectivity index is 1.67. The monoisotopic (exact) mass is 406 g/mol. The van der Waals surface area contributed by atoms with Crippen LogP contribution in [0.15, 0.2) is 35.1 Å². The first-order chi connectivity index (χ1) is 14.4. The molecular weight excluding hydrogens is 380 g/mol. The van der Waals surface area contributed by atoms with Crippen LogP contribution < -0.4 is 10.9 Å². The Morgan fingerprint density at radius 1 is 1.20 bits per heavy atom. The zero-order chi connectivity index (χ0) is 21.3. The average molecular weight is 406 g/mol. The molecule has 1 atom stereocenters. The Hall–Kier alpha value is -3.22. The highest BCUT2D eigenvalue weighted by Gasteiger charge is 2.25. The fourth-order valence-electron chi connectivity index (χ4n) is 4.24. The minimum absolute atomic E-state index is 0.0530. The third kappa shape index (κ3) is 3.92. The highest BCUT2D eigenvalue weighted by Crippen LogP contribution is 2.27. The number of nitrogens with zero attached hydrogens (tertiary/aromatic N) is 2. The van der Waals surface area contributed by atoms with Crippen LogP contribution in [0.3, 0.4) is 0 Å². The Kier molecular flexibility index (Phi) is 5.53. The molecule has 1 saturated carbocycles. The first-order valence-electron chi connectivity index (χ1n) is 10.4. The molecular formula is C23H26N4O3. The summed E-state index contributed by atoms with van der Waals surface area (Å²) in [5.74, 6) is -0.668. The van der Waals surface area contributed by atoms with E-state index < -0.39 is 17.2 Å². The van der Waals surface area contributed by atoms with Gasteiger partial charge in [0.1, 0.15) is 5.69 Å². The van der Waals surface area contributed by atoms with E-state index in [1.54, 1.807) is 0 Å². The summed E-state index contributed by atoms with van der Waals surface area (Å²) >= 11 is 0. The molecule has 2 aromatic heterocycles. The van der Waals surface area contributed by atoms with Crippen LogP contribution in [0, 0.1) is 12.8 Å². The van der Waals surface area contributed by atoms with Crippen LogP contribution in [-0.2, 0) is 0 Å². The third-order valence-corrected chi connectivity index (χ3v) is 5.99. The van der Waals surface area contributed by atoms with Crippen molar-refractivity contribution in [3.8, 4) is 17.3 Å². The molecule has 0 saturated heterocycles. The molecule has 1 unspecified atom stereocenters. The van der Waals surface area contributed by atoms with Gasteiger partial charge in [-0.25, -0.2) is 9.97 Å². The van der Waals surface area contributed by atoms with Crippen molar-refractivity contribution >= 4 is 16.8 Å². The summed E-state index contributed by atoms with van der Waals surface area (Å²) in [5.41, 5.74) is 1.15. The molecule has 1 aromatic carbocycles. The maximum absolute atomic E-state index is 12.8. The number of benzene rings is 1. The predicted octanol–water partition coefficient (Wildman–Crippen LogP) is 3.70. The predicted molar refractivity (Wildman–Crippen MR) is 115 cm³/mol. The fraction of sp³-hybridized carbons (Fsp3) is 0.391. The van der Waals surface area contributed by atoms with Gasteiger partial charge in [0, 0.05) is 11.4 Å². The van der Waals surface area contributed by atoms with Gasteiger partial charge in [0.25, 0.3) is 11.5 Å². The van der Waals surface area contributed by atoms with E-state index in [2.05, 4.69) is 20.3 Å². The number of amides is 1. The number of aromatic amines is 1. The number of nitrogens with one attached hydrogen (secondary N) is 2. The summed E-state index contributed by atoms with van der Waals surface area (Å²) in [6, 6.07) is 9.43. The number of hydrogen-bond acceptors (Lipinski definition) is 5. The molecule has 1 amide bonds. The van der Waals surface area contributed by atoms with Gasteiger partial charge >= 0.3 is 0 Å². The maximum Gasteiger partial charge on any atom is 0.294 e. The minimum Gasteiger partial charge on any atom is -0.501 e. The second-order valence-electron chi connectivity index (χ2n) is 8.11. The van der Waals surface area contributed by atoms with E-state index in [-0.39, 0.29) is 17.6 Å². The molecule has 0 aliphatic heterocycles. The first kappa shape index (κ1) is 20.1. The standard InChI is InChI=1S/C23H26N4O3/c1-13-12-18(25-17-11-7-6-10-16(13)17)21-26-19(20(28)23(30)27-21)22(29)24-14(2)15-8-4-3-5-9-15/h6-7,10-12,14-15,28H,3-5,8-9H2,1-2H3,(H,24,29)(H,26,27,30). The molecule has 2 heterocycles. The summed E-state index contributed by atoms with van der Waals surface area (Å²) in [4.78, 5) is 36.5. The fourth-order valence-corrected chi connectivity index (χ4v) is 4.24. The van der Waals surface area contributed by atoms with Crippen LogP contribution in [-0.4, -0.2) is 32.0 Å². The lowest BCUT2D eigenvalue weighted by atomic mass is 9.84. The number of H-pyrrole nitrogens is 1. The summed E-state index contributed by atoms with van der Waals surface area (Å²) < 4.78 is 0. The topological polar surface area (TPSA) is 108 Å². The summed E-state index contributed by atoms with van der Waals surface area (Å²) in [6.45, 7) is 3.92. The van der Waals surface area contributed by atoms with Crippen molar-refractivity contribution in [2.75, 3.05) is 0 Å². The van der Waals surface area contributed by atoms with E-state index >= 15 is 0 Å². The van der Waals surface area contributed by atoms with E-state index in [1.807, 2.05) is 44.2 Å². The summed E-state index contributed by atoms with van der Waals surface area (Å²) in [5, 5.41) is 14.1. The molecule has 30 heavy (non-hydrogen) atoms. The van der Waals surface area contributed by atoms with Gasteiger partial charge in [-0.05, 0) is 50.3 Å². The number of aromatic hydroxyl groups is 1. The van der Waals surface area contributed by atoms with Crippen molar-refractivity contribution in [3.63, 3.8) is 0 Å². The molecule has 3 aromatic rings. The SMILES string of the molecule is Cc1cc(-c2nc(C(=O)NC(C)C3CCCCC3)c(O)c(=O)[nH]2)nc2ccccc12. The van der Waals surface area contributed by atoms with Crippen molar-refractivity contribution < 1.29 is 9.90 Å². The molecule has 4 rings (SSSR count). The first-order valence-corrected chi connectivity index (χ1v) is 10.4. The zero-order valence-electron chi connectivity index (χ0n) is 17.2. The van der Waals surface area contributed by atoms with Gasteiger partial charge in [-0.15, -0.1) is 0 Å². The second-order valence-corrected chi connectivity index (χ2v) is 8.11. The van der Waals surface area contributed by atoms with E-state index in [0.717, 1.165) is 42.1 Å². The van der Waals surface area contributed by atoms with E-state index in [9.17, 15) is 14.7 Å². The molecule has 7 nitrogen and oxygen atoms in total. The Bertz CT molecular complexity index is 1150. The van der Waals surface area contributed by atoms with Crippen LogP contribution in [0.25, 0.3) is 22.4 Å². The quantitative estimate of drug-likeness (QED) is 0.612. The molecule has 156 valence electrons. The number of hydrogen-bond donors (Lipinski definition) is 3. The van der Waals surface area contributed by atoms with Crippen molar-refractivity contribution in [1.82, 2.24) is 20.3 Å². The molecule has 0 radical (unpaired) electrons. The lowest BCUT2D eigenvalue weighted by molar-refractivity contribution is 0.0911. The van der Waals surface area contributed by atoms with Gasteiger partial charge in [0.05, 0.1) is 5.52 Å². The Morgan fingerprint density at radius 3 is 2.70 bits per heavy atom. The Morgan fingerprint density at radius 2 is 1.93 bits per heavy atom. The minimum atomic E-state index is -0.761. The molecule has 1 aliphatic rings. The van der Waals surface area contributed by atoms with Crippen LogP contribution in [0.4, 0.5) is 0 Å². The van der Waals surface area contributed by atoms with Crippen molar-refractivity contribution in [2.24, 2.45) is 5.92 Å². The molecule has 1 aliphatic carbocycles. The molecule has 7 heteroatoms. The number of fused-ring (bicyclic) bond motifs is 1. The van der Waals surface area contributed by atoms with Gasteiger partial charge in [-0.3, -0.25) is 9.59 Å². The third-order valence-electron chi connectivity index (χ3n) is 5.99. The number of carbonyl (C=O) groups excluding carboxylic acids is 1. The van der Waals surface area contributed by atoms with Gasteiger partial charge in [-0.2, -0.15) is 0 Å². The highest BCUT2D eigenvalue weighted by atomic mass is 16.3. The smallest absolute Gasteiger partial charge is 0.294 e.